The van der Waals surface area contributed by atoms with Crippen LogP contribution in [0.4, 0.5) is 0 Å². The van der Waals surface area contributed by atoms with Crippen LogP contribution in [0, 0.1) is 41.4 Å². The van der Waals surface area contributed by atoms with Crippen LogP contribution in [0.1, 0.15) is 187 Å². The second kappa shape index (κ2) is 41.6. The number of likely N-dealkylation sites (tertiary alicyclic amines) is 3. The zero-order valence-corrected chi connectivity index (χ0v) is 56.0. The summed E-state index contributed by atoms with van der Waals surface area (Å²) in [4.78, 5) is 91.5. The molecule has 474 valence electrons. The fourth-order valence-electron chi connectivity index (χ4n) is 10.5. The van der Waals surface area contributed by atoms with Crippen molar-refractivity contribution in [3.8, 4) is 0 Å². The van der Waals surface area contributed by atoms with Crippen molar-refractivity contribution in [1.29, 1.82) is 0 Å². The summed E-state index contributed by atoms with van der Waals surface area (Å²) in [5.74, 6) is 5.05. The van der Waals surface area contributed by atoms with E-state index < -0.39 is 0 Å². The quantitative estimate of drug-likeness (QED) is 0.166. The van der Waals surface area contributed by atoms with Crippen molar-refractivity contribution >= 4 is 35.4 Å². The molecule has 0 spiro atoms. The molecule has 0 aromatic rings. The predicted molar refractivity (Wildman–Crippen MR) is 337 cm³/mol. The molecule has 6 aliphatic heterocycles. The normalized spacial score (nSPS) is 19.3. The molecule has 6 aliphatic rings. The van der Waals surface area contributed by atoms with E-state index in [2.05, 4.69) is 145 Å². The topological polar surface area (TPSA) is 135 Å². The number of amides is 6. The molecule has 0 radical (unpaired) electrons. The lowest BCUT2D eigenvalue weighted by atomic mass is 9.96. The molecule has 6 fully saturated rings. The molecule has 1 unspecified atom stereocenters. The molecule has 6 amide bonds. The van der Waals surface area contributed by atoms with Gasteiger partial charge in [-0.25, -0.2) is 0 Å². The highest BCUT2D eigenvalue weighted by Gasteiger charge is 2.27. The number of likely N-dealkylation sites (N-methyl/N-ethyl adjacent to an activating group) is 2. The Kier molecular flexibility index (Phi) is 38.9. The van der Waals surface area contributed by atoms with Crippen molar-refractivity contribution in [2.75, 3.05) is 146 Å². The van der Waals surface area contributed by atoms with Crippen LogP contribution in [0.3, 0.4) is 0 Å². The Labute approximate surface area is 498 Å². The third-order valence-electron chi connectivity index (χ3n) is 16.3. The van der Waals surface area contributed by atoms with Gasteiger partial charge in [-0.2, -0.15) is 0 Å². The summed E-state index contributed by atoms with van der Waals surface area (Å²) >= 11 is 0. The first-order valence-electron chi connectivity index (χ1n) is 32.5. The van der Waals surface area contributed by atoms with Crippen LogP contribution in [0.2, 0.25) is 0 Å². The van der Waals surface area contributed by atoms with Gasteiger partial charge < -0.3 is 44.1 Å². The van der Waals surface area contributed by atoms with Gasteiger partial charge in [0.15, 0.2) is 0 Å². The van der Waals surface area contributed by atoms with Crippen LogP contribution in [-0.4, -0.2) is 243 Å². The predicted octanol–water partition coefficient (Wildman–Crippen LogP) is 9.12. The Bertz CT molecular complexity index is 1630. The lowest BCUT2D eigenvalue weighted by molar-refractivity contribution is -0.138. The summed E-state index contributed by atoms with van der Waals surface area (Å²) in [5, 5.41) is 0. The van der Waals surface area contributed by atoms with E-state index in [9.17, 15) is 28.8 Å². The molecule has 0 saturated carbocycles. The minimum absolute atomic E-state index is 0.165. The van der Waals surface area contributed by atoms with Gasteiger partial charge in [-0.3, -0.25) is 33.7 Å². The van der Waals surface area contributed by atoms with Gasteiger partial charge in [0.05, 0.1) is 0 Å². The van der Waals surface area contributed by atoms with E-state index in [4.69, 9.17) is 0 Å². The monoisotopic (exact) mass is 1150 g/mol. The van der Waals surface area contributed by atoms with Crippen LogP contribution in [0.15, 0.2) is 0 Å². The van der Waals surface area contributed by atoms with E-state index in [1.165, 1.54) is 38.5 Å². The second-order valence-corrected chi connectivity index (χ2v) is 27.3. The van der Waals surface area contributed by atoms with Gasteiger partial charge in [0.25, 0.3) is 0 Å². The fraction of sp³-hybridized carbons (Fsp3) is 0.908. The highest BCUT2D eigenvalue weighted by atomic mass is 16.2. The minimum Gasteiger partial charge on any atom is -0.343 e. The zero-order valence-electron chi connectivity index (χ0n) is 56.0. The summed E-state index contributed by atoms with van der Waals surface area (Å²) in [6, 6.07) is 1.26. The third kappa shape index (κ3) is 33.7. The molecule has 0 N–H and O–H groups in total. The van der Waals surface area contributed by atoms with Crippen LogP contribution in [0.25, 0.3) is 0 Å². The third-order valence-corrected chi connectivity index (χ3v) is 16.3. The van der Waals surface area contributed by atoms with E-state index in [-0.39, 0.29) is 5.92 Å². The van der Waals surface area contributed by atoms with E-state index >= 15 is 0 Å². The number of nitrogens with zero attached hydrogens (tertiary/aromatic N) is 10. The second-order valence-electron chi connectivity index (χ2n) is 27.3. The molecule has 16 heteroatoms. The number of piperazine rings is 3. The molecule has 6 rings (SSSR count). The van der Waals surface area contributed by atoms with Gasteiger partial charge in [0.2, 0.25) is 35.4 Å². The number of hydrogen-bond donors (Lipinski definition) is 0. The van der Waals surface area contributed by atoms with Crippen LogP contribution in [0.5, 0.6) is 0 Å². The maximum atomic E-state index is 12.0. The smallest absolute Gasteiger partial charge is 0.225 e. The van der Waals surface area contributed by atoms with Gasteiger partial charge in [-0.15, -0.1) is 0 Å². The fourth-order valence-corrected chi connectivity index (χ4v) is 10.5. The van der Waals surface area contributed by atoms with Crippen LogP contribution in [-0.2, 0) is 28.8 Å². The van der Waals surface area contributed by atoms with Gasteiger partial charge >= 0.3 is 0 Å². The largest absolute Gasteiger partial charge is 0.343 e. The first kappa shape index (κ1) is 75.7. The Morgan fingerprint density at radius 1 is 0.346 bits per heavy atom. The number of carbonyl (C=O) groups is 6. The molecule has 1 atom stereocenters. The summed E-state index contributed by atoms with van der Waals surface area (Å²) in [6.45, 7) is 49.0. The molecular formula is C65H128N10O6. The van der Waals surface area contributed by atoms with Gasteiger partial charge in [0.1, 0.15) is 0 Å². The highest BCUT2D eigenvalue weighted by Crippen LogP contribution is 2.18. The molecule has 0 aromatic carbocycles. The lowest BCUT2D eigenvalue weighted by Gasteiger charge is -2.37. The van der Waals surface area contributed by atoms with E-state index in [0.717, 1.165) is 143 Å². The van der Waals surface area contributed by atoms with Crippen molar-refractivity contribution in [3.63, 3.8) is 0 Å². The van der Waals surface area contributed by atoms with Gasteiger partial charge in [0, 0.05) is 168 Å². The summed E-state index contributed by atoms with van der Waals surface area (Å²) in [7, 11) is 8.45. The first-order chi connectivity index (χ1) is 38.0. The minimum atomic E-state index is 0.165. The maximum absolute atomic E-state index is 12.0. The Morgan fingerprint density at radius 2 is 0.605 bits per heavy atom. The van der Waals surface area contributed by atoms with E-state index in [1.54, 1.807) is 0 Å². The number of carbonyl (C=O) groups excluding carboxylic acids is 6. The van der Waals surface area contributed by atoms with Gasteiger partial charge in [-0.05, 0) is 129 Å². The van der Waals surface area contributed by atoms with Crippen molar-refractivity contribution in [2.24, 2.45) is 41.4 Å². The van der Waals surface area contributed by atoms with Crippen molar-refractivity contribution in [2.45, 2.75) is 199 Å². The van der Waals surface area contributed by atoms with Gasteiger partial charge in [-0.1, -0.05) is 90.0 Å². The van der Waals surface area contributed by atoms with Crippen LogP contribution >= 0.6 is 0 Å². The highest BCUT2D eigenvalue weighted by molar-refractivity contribution is 5.79. The molecule has 0 bridgehead atoms. The molecule has 0 aliphatic carbocycles. The van der Waals surface area contributed by atoms with Crippen molar-refractivity contribution in [1.82, 2.24) is 49.0 Å². The SMILES string of the molecule is CC(C)C(C)C(=O)N1CCN(C)CC1.CC(C)CC(=O)N1CCC(N(C)C)CC1.CC(C)CC(=O)N1CCCCC1.CC(C)CC(=O)N1CCCCC1.CC(C)CC(=O)N1CCN(C(C)C)CC1.CC(C)CC(=O)N1CCN(C)CC1. The lowest BCUT2D eigenvalue weighted by Crippen LogP contribution is -2.50. The molecule has 0 aromatic heterocycles. The number of hydrogen-bond acceptors (Lipinski definition) is 10. The molecule has 16 nitrogen and oxygen atoms in total. The van der Waals surface area contributed by atoms with E-state index in [0.29, 0.717) is 102 Å². The average Bonchev–Trinajstić information content (AvgIpc) is 3.42. The standard InChI is InChI=1S/2C12H24N2O.C11H22N2O.C10H20N2O.2C10H19NO/c1-10(2)9-12(15)14-7-5-11(6-8-14)13(3)4;1-10(2)9-12(15)14-7-5-13(6-8-14)11(3)4;1-9(2)10(3)11(14)13-7-5-12(4)6-8-13;1-9(2)8-10(13)12-6-4-11(3)5-7-12;2*1-9(2)8-10(12)11-6-4-3-5-7-11/h2*10-11H,5-9H2,1-4H3;9-10H,5-8H2,1-4H3;9H,4-8H2,1-3H3;2*9H,3-8H2,1-2H3. The number of piperidine rings is 3. The van der Waals surface area contributed by atoms with Crippen molar-refractivity contribution in [3.05, 3.63) is 0 Å². The average molecular weight is 1150 g/mol. The van der Waals surface area contributed by atoms with Crippen molar-refractivity contribution < 1.29 is 28.8 Å². The van der Waals surface area contributed by atoms with E-state index in [1.807, 2.05) is 36.3 Å². The zero-order chi connectivity index (χ0) is 61.4. The summed E-state index contributed by atoms with van der Waals surface area (Å²) in [6.07, 6.45) is 13.2. The first-order valence-corrected chi connectivity index (χ1v) is 32.5. The van der Waals surface area contributed by atoms with Crippen LogP contribution < -0.4 is 0 Å². The summed E-state index contributed by atoms with van der Waals surface area (Å²) in [5.41, 5.74) is 0. The number of rotatable bonds is 14. The molecule has 6 saturated heterocycles. The Balaban J connectivity index is 0.000000487. The Morgan fingerprint density at radius 3 is 0.864 bits per heavy atom. The molecular weight excluding hydrogens is 1020 g/mol. The maximum Gasteiger partial charge on any atom is 0.225 e. The molecule has 6 heterocycles. The Hall–Kier alpha value is -3.34. The molecule has 81 heavy (non-hydrogen) atoms. The summed E-state index contributed by atoms with van der Waals surface area (Å²) < 4.78 is 0.